The maximum absolute atomic E-state index is 13.3. The van der Waals surface area contributed by atoms with E-state index in [2.05, 4.69) is 34.0 Å². The second-order valence-corrected chi connectivity index (χ2v) is 11.1. The molecule has 9 heteroatoms. The van der Waals surface area contributed by atoms with Crippen molar-refractivity contribution in [3.63, 3.8) is 0 Å². The predicted octanol–water partition coefficient (Wildman–Crippen LogP) is 5.19. The minimum Gasteiger partial charge on any atom is -0.512 e. The van der Waals surface area contributed by atoms with E-state index in [9.17, 15) is 9.90 Å². The molecule has 4 N–H and O–H groups in total. The molecule has 0 saturated heterocycles. The third-order valence-electron chi connectivity index (χ3n) is 8.18. The van der Waals surface area contributed by atoms with Crippen LogP contribution in [0.2, 0.25) is 0 Å². The molecule has 1 aromatic heterocycles. The fraction of sp³-hybridized carbons (Fsp3) is 0.452. The Labute approximate surface area is 234 Å². The number of hydrogen-bond acceptors (Lipinski definition) is 6. The van der Waals surface area contributed by atoms with Crippen LogP contribution in [0.1, 0.15) is 76.8 Å². The number of carbonyl (C=O) groups is 1. The van der Waals surface area contributed by atoms with Crippen molar-refractivity contribution < 1.29 is 24.4 Å². The lowest BCUT2D eigenvalue weighted by atomic mass is 9.76. The summed E-state index contributed by atoms with van der Waals surface area (Å²) in [5.74, 6) is 0.665. The van der Waals surface area contributed by atoms with Crippen LogP contribution in [0.25, 0.3) is 11.5 Å². The van der Waals surface area contributed by atoms with E-state index in [1.165, 1.54) is 0 Å². The van der Waals surface area contributed by atoms with Gasteiger partial charge in [0.05, 0.1) is 17.5 Å². The molecule has 0 spiro atoms. The number of allylic oxidation sites excluding steroid dienone is 2. The van der Waals surface area contributed by atoms with Crippen LogP contribution in [0.5, 0.6) is 0 Å². The van der Waals surface area contributed by atoms with Crippen molar-refractivity contribution in [2.45, 2.75) is 84.2 Å². The number of nitrogens with one attached hydrogen (secondary N) is 1. The number of amidine groups is 1. The van der Waals surface area contributed by atoms with Crippen molar-refractivity contribution in [3.8, 4) is 11.5 Å². The minimum absolute atomic E-state index is 0.0185. The molecular weight excluding hydrogens is 506 g/mol. The summed E-state index contributed by atoms with van der Waals surface area (Å²) in [6.07, 6.45) is 11.7. The monoisotopic (exact) mass is 544 g/mol. The molecule has 2 aliphatic heterocycles. The van der Waals surface area contributed by atoms with Crippen LogP contribution in [0, 0.1) is 11.3 Å². The largest absolute Gasteiger partial charge is 0.512 e. The van der Waals surface area contributed by atoms with Gasteiger partial charge in [0.1, 0.15) is 29.2 Å². The zero-order valence-corrected chi connectivity index (χ0v) is 23.5. The second kappa shape index (κ2) is 11.7. The van der Waals surface area contributed by atoms with E-state index in [0.29, 0.717) is 18.3 Å². The SMILES string of the molecule is CCc1cc(CCC2(C3CCCC3)CC(O)=C(CC(=N)N=C3N=C(C)C=C(C)[NH2+]3)C(=O)O2)ccc1-c1ncco1. The number of cyclic esters (lactones) is 1. The second-order valence-electron chi connectivity index (χ2n) is 11.1. The number of aliphatic hydroxyl groups excluding tert-OH is 1. The molecule has 210 valence electrons. The van der Waals surface area contributed by atoms with Crippen molar-refractivity contribution in [3.05, 3.63) is 64.9 Å². The Kier molecular flexibility index (Phi) is 8.12. The van der Waals surface area contributed by atoms with Gasteiger partial charge in [-0.3, -0.25) is 10.7 Å². The summed E-state index contributed by atoms with van der Waals surface area (Å²) in [5, 5.41) is 21.3. The number of esters is 1. The third-order valence-corrected chi connectivity index (χ3v) is 8.18. The van der Waals surface area contributed by atoms with Gasteiger partial charge in [-0.1, -0.05) is 31.9 Å². The van der Waals surface area contributed by atoms with Crippen LogP contribution in [-0.4, -0.2) is 39.2 Å². The molecule has 3 aliphatic rings. The number of guanidine groups is 1. The first-order valence-corrected chi connectivity index (χ1v) is 14.2. The number of carbonyl (C=O) groups excluding carboxylic acids is 1. The first-order valence-electron chi connectivity index (χ1n) is 14.2. The Bertz CT molecular complexity index is 1410. The molecule has 1 saturated carbocycles. The zero-order valence-electron chi connectivity index (χ0n) is 23.5. The number of hydrogen-bond donors (Lipinski definition) is 3. The molecule has 2 aromatic rings. The maximum Gasteiger partial charge on any atom is 0.338 e. The number of aliphatic hydroxyl groups is 1. The summed E-state index contributed by atoms with van der Waals surface area (Å²) in [7, 11) is 0. The van der Waals surface area contributed by atoms with Gasteiger partial charge in [0.15, 0.2) is 0 Å². The topological polar surface area (TPSA) is 138 Å². The van der Waals surface area contributed by atoms with Gasteiger partial charge in [0.2, 0.25) is 5.89 Å². The molecule has 1 unspecified atom stereocenters. The van der Waals surface area contributed by atoms with Gasteiger partial charge < -0.3 is 14.3 Å². The van der Waals surface area contributed by atoms with Crippen LogP contribution >= 0.6 is 0 Å². The Morgan fingerprint density at radius 3 is 2.75 bits per heavy atom. The Morgan fingerprint density at radius 2 is 2.08 bits per heavy atom. The van der Waals surface area contributed by atoms with E-state index in [-0.39, 0.29) is 35.9 Å². The number of ether oxygens (including phenoxy) is 1. The zero-order chi connectivity index (χ0) is 28.3. The van der Waals surface area contributed by atoms with E-state index in [1.54, 1.807) is 17.8 Å². The Balaban J connectivity index is 1.34. The highest BCUT2D eigenvalue weighted by atomic mass is 16.6. The van der Waals surface area contributed by atoms with Gasteiger partial charge in [-0.2, -0.15) is 9.98 Å². The molecule has 0 amide bonds. The number of nitrogens with two attached hydrogens (primary N) is 1. The molecular formula is C31H38N5O4+. The number of quaternary nitrogens is 1. The lowest BCUT2D eigenvalue weighted by Gasteiger charge is -2.42. The van der Waals surface area contributed by atoms with Gasteiger partial charge in [-0.05, 0) is 62.1 Å². The molecule has 0 radical (unpaired) electrons. The lowest BCUT2D eigenvalue weighted by Crippen LogP contribution is -2.86. The smallest absolute Gasteiger partial charge is 0.338 e. The number of benzene rings is 1. The number of rotatable bonds is 8. The molecule has 0 bridgehead atoms. The summed E-state index contributed by atoms with van der Waals surface area (Å²) < 4.78 is 11.8. The fourth-order valence-electron chi connectivity index (χ4n) is 6.23. The molecule has 40 heavy (non-hydrogen) atoms. The molecule has 5 rings (SSSR count). The van der Waals surface area contributed by atoms with Crippen molar-refractivity contribution in [1.82, 2.24) is 4.98 Å². The lowest BCUT2D eigenvalue weighted by molar-refractivity contribution is -0.486. The number of aromatic nitrogens is 1. The fourth-order valence-corrected chi connectivity index (χ4v) is 6.23. The quantitative estimate of drug-likeness (QED) is 0.239. The number of oxazole rings is 1. The van der Waals surface area contributed by atoms with Crippen LogP contribution in [0.4, 0.5) is 0 Å². The van der Waals surface area contributed by atoms with Crippen LogP contribution < -0.4 is 5.32 Å². The highest BCUT2D eigenvalue weighted by molar-refractivity contribution is 6.05. The molecule has 1 aliphatic carbocycles. The summed E-state index contributed by atoms with van der Waals surface area (Å²) in [6.45, 7) is 5.93. The van der Waals surface area contributed by atoms with E-state index >= 15 is 0 Å². The summed E-state index contributed by atoms with van der Waals surface area (Å²) in [4.78, 5) is 26.3. The molecule has 1 atom stereocenters. The number of nitrogens with zero attached hydrogens (tertiary/aromatic N) is 3. The van der Waals surface area contributed by atoms with Crippen molar-refractivity contribution >= 4 is 23.5 Å². The minimum atomic E-state index is -0.761. The first-order chi connectivity index (χ1) is 19.3. The van der Waals surface area contributed by atoms with Crippen molar-refractivity contribution in [2.24, 2.45) is 15.9 Å². The summed E-state index contributed by atoms with van der Waals surface area (Å²) in [5.41, 5.74) is 4.46. The van der Waals surface area contributed by atoms with Crippen LogP contribution in [0.15, 0.2) is 68.2 Å². The van der Waals surface area contributed by atoms with Gasteiger partial charge in [0.25, 0.3) is 0 Å². The van der Waals surface area contributed by atoms with Crippen LogP contribution in [-0.2, 0) is 22.4 Å². The highest BCUT2D eigenvalue weighted by Gasteiger charge is 2.48. The average Bonchev–Trinajstić information content (AvgIpc) is 3.64. The highest BCUT2D eigenvalue weighted by Crippen LogP contribution is 2.46. The molecule has 1 fully saturated rings. The summed E-state index contributed by atoms with van der Waals surface area (Å²) in [6, 6.07) is 6.30. The van der Waals surface area contributed by atoms with E-state index in [1.807, 2.05) is 26.0 Å². The molecule has 9 nitrogen and oxygen atoms in total. The van der Waals surface area contributed by atoms with Crippen LogP contribution in [0.3, 0.4) is 0 Å². The third kappa shape index (κ3) is 5.99. The standard InChI is InChI=1S/C31H37N5O4/c1-4-22-16-21(9-10-24(22)28-33-13-14-39-28)11-12-31(23-7-5-6-8-23)18-26(37)25(29(38)40-31)17-27(32)36-30-34-19(2)15-20(3)35-30/h9-10,13-16,23,37H,4-8,11-12,17-18H2,1-3H3,(H2,32,34,35,36)/p+1. The Morgan fingerprint density at radius 1 is 1.27 bits per heavy atom. The Hall–Kier alpha value is -3.85. The van der Waals surface area contributed by atoms with Crippen molar-refractivity contribution in [2.75, 3.05) is 0 Å². The van der Waals surface area contributed by atoms with E-state index in [0.717, 1.165) is 66.6 Å². The number of aliphatic imine (C=N–C) groups is 2. The van der Waals surface area contributed by atoms with Gasteiger partial charge >= 0.3 is 11.9 Å². The van der Waals surface area contributed by atoms with Gasteiger partial charge in [-0.25, -0.2) is 9.78 Å². The maximum atomic E-state index is 13.3. The average molecular weight is 545 g/mol. The first kappa shape index (κ1) is 27.7. The van der Waals surface area contributed by atoms with Gasteiger partial charge in [-0.15, -0.1) is 0 Å². The van der Waals surface area contributed by atoms with E-state index in [4.69, 9.17) is 14.6 Å². The molecule has 1 aromatic carbocycles. The normalized spacial score (nSPS) is 22.9. The number of aryl methyl sites for hydroxylation is 2. The summed E-state index contributed by atoms with van der Waals surface area (Å²) >= 11 is 0. The van der Waals surface area contributed by atoms with E-state index < -0.39 is 11.6 Å². The molecule has 3 heterocycles. The van der Waals surface area contributed by atoms with Gasteiger partial charge in [0, 0.05) is 31.4 Å². The van der Waals surface area contributed by atoms with Crippen molar-refractivity contribution in [1.29, 1.82) is 5.41 Å². The predicted molar refractivity (Wildman–Crippen MR) is 153 cm³/mol.